The van der Waals surface area contributed by atoms with E-state index in [1.54, 1.807) is 29.2 Å². The minimum Gasteiger partial charge on any atom is -0.343 e. The highest BCUT2D eigenvalue weighted by Crippen LogP contribution is 2.34. The Morgan fingerprint density at radius 3 is 2.07 bits per heavy atom. The van der Waals surface area contributed by atoms with Crippen LogP contribution in [0.15, 0.2) is 94.7 Å². The van der Waals surface area contributed by atoms with Gasteiger partial charge in [-0.3, -0.25) is 14.5 Å². The van der Waals surface area contributed by atoms with E-state index in [0.717, 1.165) is 49.4 Å². The molecule has 0 bridgehead atoms. The van der Waals surface area contributed by atoms with Crippen molar-refractivity contribution in [3.63, 3.8) is 0 Å². The SMILES string of the molecule is CN(C)CCCN1CCN(C(=O)CNC(=O)c2ccc(S(=O)(=O)N(Sc3ccccc3)c3ccccc3)cc2)CC1. The first-order valence-corrected chi connectivity index (χ1v) is 15.8. The van der Waals surface area contributed by atoms with Crippen molar-refractivity contribution in [3.05, 3.63) is 90.5 Å². The number of nitrogens with zero attached hydrogens (tertiary/aromatic N) is 4. The molecular weight excluding hydrogens is 558 g/mol. The van der Waals surface area contributed by atoms with Crippen LogP contribution < -0.4 is 9.03 Å². The van der Waals surface area contributed by atoms with Gasteiger partial charge >= 0.3 is 0 Å². The van der Waals surface area contributed by atoms with E-state index in [0.29, 0.717) is 18.8 Å². The average Bonchev–Trinajstić information content (AvgIpc) is 2.99. The largest absolute Gasteiger partial charge is 0.343 e. The third-order valence-electron chi connectivity index (χ3n) is 6.74. The first kappa shape index (κ1) is 30.6. The van der Waals surface area contributed by atoms with Crippen molar-refractivity contribution >= 4 is 39.5 Å². The standard InChI is InChI=1S/C30H37N5O4S2/c1-32(2)18-9-19-33-20-22-34(23-21-33)29(36)24-31-30(37)25-14-16-28(17-15-25)41(38,39)35(26-10-5-3-6-11-26)40-27-12-7-4-8-13-27/h3-8,10-17H,9,18-24H2,1-2H3,(H,31,37). The number of carbonyl (C=O) groups is 2. The maximum Gasteiger partial charge on any atom is 0.274 e. The van der Waals surface area contributed by atoms with Crippen LogP contribution in [0, 0.1) is 0 Å². The van der Waals surface area contributed by atoms with Gasteiger partial charge in [0.2, 0.25) is 5.91 Å². The second kappa shape index (κ2) is 14.5. The van der Waals surface area contributed by atoms with Gasteiger partial charge in [-0.1, -0.05) is 36.4 Å². The fourth-order valence-corrected chi connectivity index (χ4v) is 7.12. The lowest BCUT2D eigenvalue weighted by molar-refractivity contribution is -0.131. The fraction of sp³-hybridized carbons (Fsp3) is 0.333. The third-order valence-corrected chi connectivity index (χ3v) is 9.92. The maximum absolute atomic E-state index is 13.7. The van der Waals surface area contributed by atoms with E-state index < -0.39 is 15.9 Å². The number of carbonyl (C=O) groups excluding carboxylic acids is 2. The van der Waals surface area contributed by atoms with E-state index in [1.807, 2.05) is 36.4 Å². The summed E-state index contributed by atoms with van der Waals surface area (Å²) in [5.74, 6) is -0.551. The Kier molecular flexibility index (Phi) is 10.8. The van der Waals surface area contributed by atoms with Crippen molar-refractivity contribution < 1.29 is 18.0 Å². The van der Waals surface area contributed by atoms with Gasteiger partial charge in [-0.2, -0.15) is 0 Å². The Bertz CT molecular complexity index is 1380. The van der Waals surface area contributed by atoms with E-state index in [9.17, 15) is 18.0 Å². The van der Waals surface area contributed by atoms with Crippen LogP contribution >= 0.6 is 11.9 Å². The zero-order valence-corrected chi connectivity index (χ0v) is 25.1. The molecule has 0 radical (unpaired) electrons. The van der Waals surface area contributed by atoms with Crippen LogP contribution in [0.2, 0.25) is 0 Å². The minimum absolute atomic E-state index is 0.0564. The predicted molar refractivity (Wildman–Crippen MR) is 163 cm³/mol. The van der Waals surface area contributed by atoms with Gasteiger partial charge in [0, 0.05) is 48.6 Å². The first-order valence-electron chi connectivity index (χ1n) is 13.6. The van der Waals surface area contributed by atoms with E-state index in [1.165, 1.54) is 28.0 Å². The van der Waals surface area contributed by atoms with Gasteiger partial charge < -0.3 is 15.1 Å². The summed E-state index contributed by atoms with van der Waals surface area (Å²) in [5, 5.41) is 2.68. The lowest BCUT2D eigenvalue weighted by atomic mass is 10.2. The molecule has 2 amide bonds. The summed E-state index contributed by atoms with van der Waals surface area (Å²) in [6.45, 7) is 4.88. The molecule has 1 saturated heterocycles. The molecule has 1 fully saturated rings. The van der Waals surface area contributed by atoms with Crippen LogP contribution in [0.4, 0.5) is 5.69 Å². The number of rotatable bonds is 12. The molecule has 218 valence electrons. The predicted octanol–water partition coefficient (Wildman–Crippen LogP) is 3.41. The zero-order chi connectivity index (χ0) is 29.2. The van der Waals surface area contributed by atoms with Crippen molar-refractivity contribution in [1.82, 2.24) is 20.0 Å². The lowest BCUT2D eigenvalue weighted by Gasteiger charge is -2.35. The lowest BCUT2D eigenvalue weighted by Crippen LogP contribution is -2.51. The molecule has 9 nitrogen and oxygen atoms in total. The number of nitrogens with one attached hydrogen (secondary N) is 1. The number of hydrogen-bond donors (Lipinski definition) is 1. The van der Waals surface area contributed by atoms with Crippen molar-refractivity contribution in [2.45, 2.75) is 16.2 Å². The Morgan fingerprint density at radius 1 is 0.854 bits per heavy atom. The fourth-order valence-electron chi connectivity index (χ4n) is 4.44. The molecule has 11 heteroatoms. The molecule has 4 rings (SSSR count). The third kappa shape index (κ3) is 8.56. The first-order chi connectivity index (χ1) is 19.7. The molecule has 1 aliphatic rings. The average molecular weight is 596 g/mol. The summed E-state index contributed by atoms with van der Waals surface area (Å²) in [6.07, 6.45) is 1.09. The van der Waals surface area contributed by atoms with Gasteiger partial charge in [0.25, 0.3) is 15.9 Å². The maximum atomic E-state index is 13.7. The molecule has 1 heterocycles. The van der Waals surface area contributed by atoms with E-state index >= 15 is 0 Å². The molecule has 0 spiro atoms. The molecule has 0 aromatic heterocycles. The van der Waals surface area contributed by atoms with Crippen molar-refractivity contribution in [1.29, 1.82) is 0 Å². The number of para-hydroxylation sites is 1. The van der Waals surface area contributed by atoms with Gasteiger partial charge in [-0.15, -0.1) is 0 Å². The summed E-state index contributed by atoms with van der Waals surface area (Å²) < 4.78 is 28.6. The minimum atomic E-state index is -3.95. The highest BCUT2D eigenvalue weighted by Gasteiger charge is 2.27. The molecule has 0 unspecified atom stereocenters. The monoisotopic (exact) mass is 595 g/mol. The molecule has 3 aromatic rings. The van der Waals surface area contributed by atoms with Gasteiger partial charge in [-0.05, 0) is 82.1 Å². The number of amides is 2. The van der Waals surface area contributed by atoms with E-state index in [2.05, 4.69) is 29.2 Å². The Labute approximate surface area is 247 Å². The number of sulfonamides is 1. The quantitative estimate of drug-likeness (QED) is 0.321. The molecule has 0 atom stereocenters. The molecule has 1 aliphatic heterocycles. The van der Waals surface area contributed by atoms with Gasteiger partial charge in [0.05, 0.1) is 17.1 Å². The molecule has 3 aromatic carbocycles. The van der Waals surface area contributed by atoms with Gasteiger partial charge in [0.1, 0.15) is 0 Å². The normalized spacial score (nSPS) is 14.2. The highest BCUT2D eigenvalue weighted by atomic mass is 32.3. The molecule has 0 saturated carbocycles. The number of anilines is 1. The van der Waals surface area contributed by atoms with Crippen molar-refractivity contribution in [3.8, 4) is 0 Å². The van der Waals surface area contributed by atoms with Gasteiger partial charge in [-0.25, -0.2) is 12.1 Å². The second-order valence-corrected chi connectivity index (χ2v) is 13.1. The Hall–Kier alpha value is -3.38. The number of benzene rings is 3. The van der Waals surface area contributed by atoms with Crippen molar-refractivity contribution in [2.75, 3.05) is 63.6 Å². The van der Waals surface area contributed by atoms with Crippen LogP contribution in [0.1, 0.15) is 16.8 Å². The summed E-state index contributed by atoms with van der Waals surface area (Å²) in [5.41, 5.74) is 0.792. The molecule has 41 heavy (non-hydrogen) atoms. The number of hydrogen-bond acceptors (Lipinski definition) is 7. The van der Waals surface area contributed by atoms with Crippen LogP contribution in [0.25, 0.3) is 0 Å². The highest BCUT2D eigenvalue weighted by molar-refractivity contribution is 8.14. The molecule has 1 N–H and O–H groups in total. The van der Waals surface area contributed by atoms with Crippen LogP contribution in [-0.4, -0.2) is 94.8 Å². The smallest absolute Gasteiger partial charge is 0.274 e. The topological polar surface area (TPSA) is 93.3 Å². The van der Waals surface area contributed by atoms with E-state index in [-0.39, 0.29) is 22.9 Å². The summed E-state index contributed by atoms with van der Waals surface area (Å²) in [4.78, 5) is 32.6. The zero-order valence-electron chi connectivity index (χ0n) is 23.5. The second-order valence-electron chi connectivity index (χ2n) is 10.1. The Morgan fingerprint density at radius 2 is 1.46 bits per heavy atom. The van der Waals surface area contributed by atoms with E-state index in [4.69, 9.17) is 0 Å². The number of piperazine rings is 1. The summed E-state index contributed by atoms with van der Waals surface area (Å²) >= 11 is 1.10. The van der Waals surface area contributed by atoms with Crippen LogP contribution in [0.5, 0.6) is 0 Å². The van der Waals surface area contributed by atoms with Gasteiger partial charge in [0.15, 0.2) is 0 Å². The molecule has 0 aliphatic carbocycles. The van der Waals surface area contributed by atoms with Crippen molar-refractivity contribution in [2.24, 2.45) is 0 Å². The summed E-state index contributed by atoms with van der Waals surface area (Å²) in [7, 11) is 0.172. The summed E-state index contributed by atoms with van der Waals surface area (Å²) in [6, 6.07) is 23.9. The Balaban J connectivity index is 1.34. The van der Waals surface area contributed by atoms with Crippen LogP contribution in [0.3, 0.4) is 0 Å². The van der Waals surface area contributed by atoms with Crippen LogP contribution in [-0.2, 0) is 14.8 Å². The molecular formula is C30H37N5O4S2.